The summed E-state index contributed by atoms with van der Waals surface area (Å²) in [5, 5.41) is 13.0. The number of nitrogens with zero attached hydrogens (tertiary/aromatic N) is 1. The first-order chi connectivity index (χ1) is 9.72. The Morgan fingerprint density at radius 2 is 2.10 bits per heavy atom. The van der Waals surface area contributed by atoms with E-state index in [1.807, 2.05) is 0 Å². The Balaban J connectivity index is 2.40. The molecule has 0 unspecified atom stereocenters. The SMILES string of the molecule is C[C@@]1(c2cc([N+](=O)[O-])ccc2F)CC[C@@](F)(CF)C(=O)N1. The van der Waals surface area contributed by atoms with Crippen LogP contribution in [0.5, 0.6) is 0 Å². The summed E-state index contributed by atoms with van der Waals surface area (Å²) in [5.41, 5.74) is -4.41. The van der Waals surface area contributed by atoms with Crippen molar-refractivity contribution in [1.29, 1.82) is 0 Å². The Labute approximate surface area is 118 Å². The van der Waals surface area contributed by atoms with Crippen molar-refractivity contribution in [3.05, 3.63) is 39.7 Å². The molecular formula is C13H13F3N2O3. The van der Waals surface area contributed by atoms with Crippen LogP contribution >= 0.6 is 0 Å². The molecule has 1 aliphatic heterocycles. The summed E-state index contributed by atoms with van der Waals surface area (Å²) in [6.45, 7) is -0.0445. The number of nitro benzene ring substituents is 1. The van der Waals surface area contributed by atoms with Gasteiger partial charge in [0.25, 0.3) is 11.6 Å². The summed E-state index contributed by atoms with van der Waals surface area (Å²) < 4.78 is 40.4. The highest BCUT2D eigenvalue weighted by atomic mass is 19.2. The van der Waals surface area contributed by atoms with E-state index in [-0.39, 0.29) is 17.7 Å². The molecule has 5 nitrogen and oxygen atoms in total. The molecular weight excluding hydrogens is 289 g/mol. The van der Waals surface area contributed by atoms with Gasteiger partial charge in [-0.2, -0.15) is 0 Å². The zero-order chi connectivity index (χ0) is 15.8. The van der Waals surface area contributed by atoms with Crippen LogP contribution in [0, 0.1) is 15.9 Å². The highest BCUT2D eigenvalue weighted by molar-refractivity contribution is 5.87. The zero-order valence-electron chi connectivity index (χ0n) is 11.2. The van der Waals surface area contributed by atoms with E-state index in [0.717, 1.165) is 18.2 Å². The number of alkyl halides is 2. The molecule has 1 aromatic carbocycles. The lowest BCUT2D eigenvalue weighted by Gasteiger charge is -2.40. The number of piperidine rings is 1. The van der Waals surface area contributed by atoms with E-state index >= 15 is 0 Å². The smallest absolute Gasteiger partial charge is 0.269 e. The molecule has 2 rings (SSSR count). The number of benzene rings is 1. The third-order valence-corrected chi connectivity index (χ3v) is 3.78. The number of rotatable bonds is 3. The predicted octanol–water partition coefficient (Wildman–Crippen LogP) is 2.54. The Morgan fingerprint density at radius 1 is 1.43 bits per heavy atom. The second-order valence-corrected chi connectivity index (χ2v) is 5.31. The van der Waals surface area contributed by atoms with Crippen LogP contribution in [-0.4, -0.2) is 23.2 Å². The Bertz CT molecular complexity index is 610. The number of carbonyl (C=O) groups excluding carboxylic acids is 1. The first-order valence-electron chi connectivity index (χ1n) is 6.24. The molecule has 21 heavy (non-hydrogen) atoms. The fourth-order valence-electron chi connectivity index (χ4n) is 2.37. The van der Waals surface area contributed by atoms with Crippen LogP contribution < -0.4 is 5.32 Å². The fraction of sp³-hybridized carbons (Fsp3) is 0.462. The minimum absolute atomic E-state index is 0.0722. The maximum Gasteiger partial charge on any atom is 0.269 e. The number of non-ortho nitro benzene ring substituents is 1. The molecule has 1 amide bonds. The number of amides is 1. The topological polar surface area (TPSA) is 72.2 Å². The van der Waals surface area contributed by atoms with Crippen molar-refractivity contribution in [2.45, 2.75) is 31.0 Å². The largest absolute Gasteiger partial charge is 0.344 e. The average molecular weight is 302 g/mol. The van der Waals surface area contributed by atoms with Crippen LogP contribution in [0.3, 0.4) is 0 Å². The van der Waals surface area contributed by atoms with Gasteiger partial charge in [-0.1, -0.05) is 0 Å². The third kappa shape index (κ3) is 2.57. The van der Waals surface area contributed by atoms with Crippen molar-refractivity contribution in [2.24, 2.45) is 0 Å². The molecule has 1 heterocycles. The minimum Gasteiger partial charge on any atom is -0.344 e. The minimum atomic E-state index is -2.63. The molecule has 0 aromatic heterocycles. The molecule has 1 N–H and O–H groups in total. The molecule has 1 fully saturated rings. The summed E-state index contributed by atoms with van der Waals surface area (Å²) in [7, 11) is 0. The second-order valence-electron chi connectivity index (χ2n) is 5.31. The van der Waals surface area contributed by atoms with E-state index in [0.29, 0.717) is 0 Å². The van der Waals surface area contributed by atoms with Crippen molar-refractivity contribution < 1.29 is 22.9 Å². The summed E-state index contributed by atoms with van der Waals surface area (Å²) >= 11 is 0. The van der Waals surface area contributed by atoms with Gasteiger partial charge in [0.05, 0.1) is 10.5 Å². The van der Waals surface area contributed by atoms with Crippen LogP contribution in [0.4, 0.5) is 18.9 Å². The zero-order valence-corrected chi connectivity index (χ0v) is 11.2. The van der Waals surface area contributed by atoms with Crippen molar-refractivity contribution in [1.82, 2.24) is 5.32 Å². The Morgan fingerprint density at radius 3 is 2.62 bits per heavy atom. The van der Waals surface area contributed by atoms with E-state index in [1.165, 1.54) is 6.92 Å². The molecule has 0 spiro atoms. The van der Waals surface area contributed by atoms with E-state index in [1.54, 1.807) is 0 Å². The van der Waals surface area contributed by atoms with E-state index < -0.39 is 41.0 Å². The van der Waals surface area contributed by atoms with Gasteiger partial charge in [-0.3, -0.25) is 14.9 Å². The van der Waals surface area contributed by atoms with Gasteiger partial charge >= 0.3 is 0 Å². The number of hydrogen-bond acceptors (Lipinski definition) is 3. The molecule has 0 radical (unpaired) electrons. The lowest BCUT2D eigenvalue weighted by Crippen LogP contribution is -2.58. The van der Waals surface area contributed by atoms with Crippen molar-refractivity contribution in [3.63, 3.8) is 0 Å². The van der Waals surface area contributed by atoms with Gasteiger partial charge in [0.15, 0.2) is 0 Å². The van der Waals surface area contributed by atoms with E-state index in [2.05, 4.69) is 5.32 Å². The van der Waals surface area contributed by atoms with Gasteiger partial charge < -0.3 is 5.32 Å². The summed E-state index contributed by atoms with van der Waals surface area (Å²) in [5.74, 6) is -1.93. The lowest BCUT2D eigenvalue weighted by atomic mass is 9.79. The first kappa shape index (κ1) is 15.3. The number of nitrogens with one attached hydrogen (secondary N) is 1. The van der Waals surface area contributed by atoms with Crippen LogP contribution in [-0.2, 0) is 10.3 Å². The predicted molar refractivity (Wildman–Crippen MR) is 67.6 cm³/mol. The normalized spacial score (nSPS) is 29.0. The van der Waals surface area contributed by atoms with Gasteiger partial charge in [-0.25, -0.2) is 13.2 Å². The lowest BCUT2D eigenvalue weighted by molar-refractivity contribution is -0.385. The van der Waals surface area contributed by atoms with Crippen molar-refractivity contribution in [3.8, 4) is 0 Å². The molecule has 0 aliphatic carbocycles. The summed E-state index contributed by atoms with van der Waals surface area (Å²) in [6.07, 6.45) is -0.495. The van der Waals surface area contributed by atoms with Gasteiger partial charge in [-0.15, -0.1) is 0 Å². The molecule has 1 saturated heterocycles. The molecule has 0 saturated carbocycles. The van der Waals surface area contributed by atoms with Gasteiger partial charge in [-0.05, 0) is 25.8 Å². The standard InChI is InChI=1S/C13H13F3N2O3/c1-12(4-5-13(16,7-14)11(19)17-12)9-6-8(18(20)21)2-3-10(9)15/h2-3,6H,4-5,7H2,1H3,(H,17,19)/t12-,13+/m0/s1. The average Bonchev–Trinajstić information content (AvgIpc) is 2.43. The maximum atomic E-state index is 13.9. The summed E-state index contributed by atoms with van der Waals surface area (Å²) in [6, 6.07) is 2.90. The van der Waals surface area contributed by atoms with Crippen LogP contribution in [0.1, 0.15) is 25.3 Å². The second kappa shape index (κ2) is 5.01. The quantitative estimate of drug-likeness (QED) is 0.689. The van der Waals surface area contributed by atoms with Gasteiger partial charge in [0.1, 0.15) is 12.5 Å². The van der Waals surface area contributed by atoms with Crippen molar-refractivity contribution >= 4 is 11.6 Å². The molecule has 0 bridgehead atoms. The fourth-order valence-corrected chi connectivity index (χ4v) is 2.37. The summed E-state index contributed by atoms with van der Waals surface area (Å²) in [4.78, 5) is 21.7. The number of carbonyl (C=O) groups is 1. The number of hydrogen-bond donors (Lipinski definition) is 1. The molecule has 8 heteroatoms. The first-order valence-corrected chi connectivity index (χ1v) is 6.24. The van der Waals surface area contributed by atoms with Gasteiger partial charge in [0.2, 0.25) is 5.67 Å². The number of nitro groups is 1. The molecule has 2 atom stereocenters. The maximum absolute atomic E-state index is 13.9. The number of halogens is 3. The van der Waals surface area contributed by atoms with E-state index in [4.69, 9.17) is 0 Å². The highest BCUT2D eigenvalue weighted by Gasteiger charge is 2.49. The molecule has 1 aromatic rings. The molecule has 114 valence electrons. The monoisotopic (exact) mass is 302 g/mol. The van der Waals surface area contributed by atoms with Gasteiger partial charge in [0, 0.05) is 17.7 Å². The van der Waals surface area contributed by atoms with Crippen LogP contribution in [0.15, 0.2) is 18.2 Å². The Kier molecular flexibility index (Phi) is 3.65. The third-order valence-electron chi connectivity index (χ3n) is 3.78. The van der Waals surface area contributed by atoms with Crippen LogP contribution in [0.25, 0.3) is 0 Å². The molecule has 1 aliphatic rings. The Hall–Kier alpha value is -2.12. The van der Waals surface area contributed by atoms with E-state index in [9.17, 15) is 28.1 Å². The van der Waals surface area contributed by atoms with Crippen LogP contribution in [0.2, 0.25) is 0 Å². The highest BCUT2D eigenvalue weighted by Crippen LogP contribution is 2.38. The van der Waals surface area contributed by atoms with Crippen molar-refractivity contribution in [2.75, 3.05) is 6.67 Å².